The highest BCUT2D eigenvalue weighted by Gasteiger charge is 2.45. The molecule has 6 aromatic carbocycles. The number of carbonyl (C=O) groups is 3. The molecule has 6 aromatic rings. The van der Waals surface area contributed by atoms with E-state index in [1.165, 1.54) is 0 Å². The number of carbonyl (C=O) groups excluding carboxylic acids is 3. The normalized spacial score (nSPS) is 13.7. The van der Waals surface area contributed by atoms with Crippen molar-refractivity contribution in [2.75, 3.05) is 5.75 Å². The molecule has 59 heavy (non-hydrogen) atoms. The second-order valence-electron chi connectivity index (χ2n) is 16.0. The molecule has 6 rings (SSSR count). The number of benzene rings is 6. The van der Waals surface area contributed by atoms with Crippen LogP contribution >= 0.6 is 23.4 Å². The zero-order valence-electron chi connectivity index (χ0n) is 34.3. The number of hydrogen-bond acceptors (Lipinski definition) is 6. The molecule has 0 aromatic heterocycles. The standard InChI is InChI=1S/C52H51ClO5S/c1-37-30-32-41(33-31-37)51(40-20-10-6-11-21-40,45-28-18-19-29-46(45)53)58-49(56)39(35-47(54)38(2)34-48(55)57-50(3,4)5)36-59-52(42-22-12-7-13-23-42,43-24-14-8-15-25-43)44-26-16-9-17-27-44/h6-33,38-39H,34-36H2,1-5H3/t38-,39-,51?/m0/s1. The molecule has 0 N–H and O–H groups in total. The van der Waals surface area contributed by atoms with Gasteiger partial charge in [0.1, 0.15) is 11.4 Å². The summed E-state index contributed by atoms with van der Waals surface area (Å²) in [5.74, 6) is -2.72. The van der Waals surface area contributed by atoms with E-state index in [0.717, 1.165) is 22.3 Å². The van der Waals surface area contributed by atoms with Gasteiger partial charge in [0.2, 0.25) is 0 Å². The van der Waals surface area contributed by atoms with Crippen LogP contribution in [0.3, 0.4) is 0 Å². The van der Waals surface area contributed by atoms with Gasteiger partial charge in [-0.3, -0.25) is 14.4 Å². The second-order valence-corrected chi connectivity index (χ2v) is 17.6. The monoisotopic (exact) mass is 822 g/mol. The molecule has 0 aliphatic carbocycles. The number of aryl methyl sites for hydroxylation is 1. The van der Waals surface area contributed by atoms with E-state index in [1.807, 2.05) is 134 Å². The van der Waals surface area contributed by atoms with E-state index in [1.54, 1.807) is 45.5 Å². The number of hydrogen-bond donors (Lipinski definition) is 0. The average molecular weight is 823 g/mol. The predicted molar refractivity (Wildman–Crippen MR) is 239 cm³/mol. The van der Waals surface area contributed by atoms with Crippen LogP contribution in [0.15, 0.2) is 170 Å². The number of esters is 2. The topological polar surface area (TPSA) is 69.7 Å². The predicted octanol–water partition coefficient (Wildman–Crippen LogP) is 12.2. The fraction of sp³-hybridized carbons (Fsp3) is 0.250. The summed E-state index contributed by atoms with van der Waals surface area (Å²) in [6.07, 6.45) is -0.268. The van der Waals surface area contributed by atoms with Gasteiger partial charge in [-0.25, -0.2) is 0 Å². The SMILES string of the molecule is Cc1ccc(C(OC(=O)[C@H](CSC(c2ccccc2)(c2ccccc2)c2ccccc2)CC(=O)[C@@H](C)CC(=O)OC(C)(C)C)(c2ccccc2)c2ccccc2Cl)cc1. The maximum Gasteiger partial charge on any atom is 0.311 e. The molecule has 0 spiro atoms. The highest BCUT2D eigenvalue weighted by atomic mass is 35.5. The summed E-state index contributed by atoms with van der Waals surface area (Å²) in [5, 5.41) is 0.425. The molecule has 0 saturated heterocycles. The van der Waals surface area contributed by atoms with Crippen molar-refractivity contribution < 1.29 is 23.9 Å². The molecule has 0 fully saturated rings. The van der Waals surface area contributed by atoms with Crippen LogP contribution in [0.2, 0.25) is 5.02 Å². The lowest BCUT2D eigenvalue weighted by molar-refractivity contribution is -0.159. The van der Waals surface area contributed by atoms with Crippen LogP contribution in [0.4, 0.5) is 0 Å². The molecule has 0 amide bonds. The fourth-order valence-corrected chi connectivity index (χ4v) is 9.37. The summed E-state index contributed by atoms with van der Waals surface area (Å²) in [4.78, 5) is 42.7. The molecular weight excluding hydrogens is 772 g/mol. The van der Waals surface area contributed by atoms with Crippen LogP contribution in [0.25, 0.3) is 0 Å². The minimum Gasteiger partial charge on any atom is -0.460 e. The first-order valence-electron chi connectivity index (χ1n) is 20.0. The van der Waals surface area contributed by atoms with Crippen molar-refractivity contribution in [3.63, 3.8) is 0 Å². The number of ether oxygens (including phenoxy) is 2. The third-order valence-electron chi connectivity index (χ3n) is 10.4. The lowest BCUT2D eigenvalue weighted by Crippen LogP contribution is -2.39. The molecule has 7 heteroatoms. The van der Waals surface area contributed by atoms with Crippen molar-refractivity contribution in [3.05, 3.63) is 214 Å². The van der Waals surface area contributed by atoms with Crippen LogP contribution in [0.1, 0.15) is 79.5 Å². The highest BCUT2D eigenvalue weighted by molar-refractivity contribution is 8.00. The number of Topliss-reactive ketones (excluding diaryl/α,β-unsaturated/α-hetero) is 1. The minimum atomic E-state index is -1.48. The molecule has 0 aliphatic heterocycles. The Labute approximate surface area is 358 Å². The molecule has 0 saturated carbocycles. The summed E-state index contributed by atoms with van der Waals surface area (Å²) in [7, 11) is 0. The van der Waals surface area contributed by atoms with E-state index in [4.69, 9.17) is 21.1 Å². The molecule has 0 heterocycles. The Balaban J connectivity index is 1.49. The third-order valence-corrected chi connectivity index (χ3v) is 12.4. The molecule has 1 unspecified atom stereocenters. The van der Waals surface area contributed by atoms with Gasteiger partial charge >= 0.3 is 11.9 Å². The van der Waals surface area contributed by atoms with Gasteiger partial charge in [0.15, 0.2) is 5.60 Å². The Kier molecular flexibility index (Phi) is 14.0. The molecular formula is C52H51ClO5S. The Morgan fingerprint density at radius 2 is 1.02 bits per heavy atom. The van der Waals surface area contributed by atoms with E-state index < -0.39 is 39.7 Å². The van der Waals surface area contributed by atoms with Crippen LogP contribution < -0.4 is 0 Å². The first-order chi connectivity index (χ1) is 28.3. The van der Waals surface area contributed by atoms with Gasteiger partial charge in [0.05, 0.1) is 17.1 Å². The maximum atomic E-state index is 15.4. The first kappa shape index (κ1) is 43.2. The van der Waals surface area contributed by atoms with Crippen LogP contribution in [-0.2, 0) is 34.2 Å². The minimum absolute atomic E-state index is 0.107. The fourth-order valence-electron chi connectivity index (χ4n) is 7.49. The van der Waals surface area contributed by atoms with Gasteiger partial charge in [-0.2, -0.15) is 0 Å². The lowest BCUT2D eigenvalue weighted by atomic mass is 9.79. The van der Waals surface area contributed by atoms with Crippen molar-refractivity contribution in [2.24, 2.45) is 11.8 Å². The lowest BCUT2D eigenvalue weighted by Gasteiger charge is -2.38. The van der Waals surface area contributed by atoms with Gasteiger partial charge in [-0.15, -0.1) is 11.8 Å². The first-order valence-corrected chi connectivity index (χ1v) is 21.4. The van der Waals surface area contributed by atoms with Gasteiger partial charge in [-0.05, 0) is 50.5 Å². The van der Waals surface area contributed by atoms with Gasteiger partial charge in [0.25, 0.3) is 0 Å². The van der Waals surface area contributed by atoms with E-state index >= 15 is 4.79 Å². The smallest absolute Gasteiger partial charge is 0.311 e. The van der Waals surface area contributed by atoms with Crippen molar-refractivity contribution >= 4 is 41.1 Å². The molecule has 0 bridgehead atoms. The Morgan fingerprint density at radius 3 is 1.49 bits per heavy atom. The second kappa shape index (κ2) is 19.1. The van der Waals surface area contributed by atoms with Crippen molar-refractivity contribution in [1.29, 1.82) is 0 Å². The summed E-state index contributed by atoms with van der Waals surface area (Å²) in [6, 6.07) is 55.6. The highest BCUT2D eigenvalue weighted by Crippen LogP contribution is 2.50. The zero-order valence-corrected chi connectivity index (χ0v) is 35.8. The number of halogens is 1. The van der Waals surface area contributed by atoms with Gasteiger partial charge in [0, 0.05) is 39.8 Å². The van der Waals surface area contributed by atoms with Crippen LogP contribution in [0.5, 0.6) is 0 Å². The summed E-state index contributed by atoms with van der Waals surface area (Å²) in [6.45, 7) is 9.11. The average Bonchev–Trinajstić information content (AvgIpc) is 3.24. The Morgan fingerprint density at radius 1 is 0.576 bits per heavy atom. The number of ketones is 1. The number of thioether (sulfide) groups is 1. The van der Waals surface area contributed by atoms with Crippen molar-refractivity contribution in [2.45, 2.75) is 63.4 Å². The molecule has 0 radical (unpaired) electrons. The van der Waals surface area contributed by atoms with Crippen molar-refractivity contribution in [3.8, 4) is 0 Å². The van der Waals surface area contributed by atoms with E-state index in [9.17, 15) is 9.59 Å². The van der Waals surface area contributed by atoms with Gasteiger partial charge in [-0.1, -0.05) is 188 Å². The van der Waals surface area contributed by atoms with E-state index in [0.29, 0.717) is 21.7 Å². The molecule has 3 atom stereocenters. The number of rotatable bonds is 16. The van der Waals surface area contributed by atoms with Crippen molar-refractivity contribution in [1.82, 2.24) is 0 Å². The summed E-state index contributed by atoms with van der Waals surface area (Å²) < 4.78 is 11.8. The van der Waals surface area contributed by atoms with E-state index in [2.05, 4.69) is 36.4 Å². The molecule has 5 nitrogen and oxygen atoms in total. The largest absolute Gasteiger partial charge is 0.460 e. The summed E-state index contributed by atoms with van der Waals surface area (Å²) in [5.41, 5.74) is 3.93. The quantitative estimate of drug-likeness (QED) is 0.0715. The summed E-state index contributed by atoms with van der Waals surface area (Å²) >= 11 is 8.64. The van der Waals surface area contributed by atoms with E-state index in [-0.39, 0.29) is 24.4 Å². The molecule has 302 valence electrons. The van der Waals surface area contributed by atoms with Crippen LogP contribution in [0, 0.1) is 18.8 Å². The Hall–Kier alpha value is -5.43. The molecule has 0 aliphatic rings. The Bertz CT molecular complexity index is 2210. The van der Waals surface area contributed by atoms with Crippen LogP contribution in [-0.4, -0.2) is 29.1 Å². The van der Waals surface area contributed by atoms with Gasteiger partial charge < -0.3 is 9.47 Å². The third kappa shape index (κ3) is 10.1. The maximum absolute atomic E-state index is 15.4. The zero-order chi connectivity index (χ0) is 42.0.